The number of fused-ring (bicyclic) bond motifs is 1. The highest BCUT2D eigenvalue weighted by atomic mass is 31.3. The lowest BCUT2D eigenvalue weighted by atomic mass is 9.92. The Balaban J connectivity index is 1.61. The molecule has 0 saturated carbocycles. The Hall–Kier alpha value is -1.78. The number of aliphatic hydroxyl groups excluding tert-OH is 6. The molecule has 2 aromatic rings. The van der Waals surface area contributed by atoms with Crippen LogP contribution in [0.1, 0.15) is 13.2 Å². The Kier molecular flexibility index (Phi) is 11.5. The summed E-state index contributed by atoms with van der Waals surface area (Å²) in [5, 5.41) is 59.4. The maximum absolute atomic E-state index is 14.8. The van der Waals surface area contributed by atoms with Gasteiger partial charge in [-0.05, 0) is 0 Å². The standard InChI is InChI=1S/C19H32FN5O15P2/c1-7(8(27)3-26)12(28)14(30)15(31)19(36-2)39-42(34,35)40-41(32,33)37-4-9-10(20)13(29)18(38-9)25-6-24-11-16(21)22-5-23-17(11)25/h5-10,12-15,18-19,26-31H,3-4H2,1-2H3,(H,32,33)(H,34,35)(H2,21,22,23)/t7?,8-,9?,10+,12?,13?,14?,15?,18?,19?/m1/s1. The fourth-order valence-electron chi connectivity index (χ4n) is 3.91. The maximum atomic E-state index is 14.8. The number of imidazole rings is 1. The van der Waals surface area contributed by atoms with Crippen LogP contribution >= 0.6 is 15.6 Å². The topological polar surface area (TPSA) is 312 Å². The van der Waals surface area contributed by atoms with Gasteiger partial charge < -0.3 is 55.6 Å². The second kappa shape index (κ2) is 13.9. The van der Waals surface area contributed by atoms with E-state index in [0.29, 0.717) is 0 Å². The predicted octanol–water partition coefficient (Wildman–Crippen LogP) is -2.70. The molecule has 1 fully saturated rings. The highest BCUT2D eigenvalue weighted by Crippen LogP contribution is 2.61. The third kappa shape index (κ3) is 7.83. The van der Waals surface area contributed by atoms with E-state index in [2.05, 4.69) is 33.0 Å². The Labute approximate surface area is 236 Å². The fourth-order valence-corrected chi connectivity index (χ4v) is 6.11. The van der Waals surface area contributed by atoms with Gasteiger partial charge in [-0.2, -0.15) is 4.31 Å². The summed E-state index contributed by atoms with van der Waals surface area (Å²) in [4.78, 5) is 31.5. The van der Waals surface area contributed by atoms with E-state index >= 15 is 0 Å². The van der Waals surface area contributed by atoms with Crippen LogP contribution in [0, 0.1) is 5.92 Å². The first-order valence-electron chi connectivity index (χ1n) is 12.0. The molecule has 10 N–H and O–H groups in total. The minimum absolute atomic E-state index is 0.000844. The number of phosphoric acid groups is 2. The second-order valence-electron chi connectivity index (χ2n) is 9.19. The normalized spacial score (nSPS) is 28.5. The number of ether oxygens (including phenoxy) is 2. The van der Waals surface area contributed by atoms with Crippen molar-refractivity contribution in [2.45, 2.75) is 62.2 Å². The largest absolute Gasteiger partial charge is 0.483 e. The molecule has 0 aliphatic carbocycles. The van der Waals surface area contributed by atoms with Gasteiger partial charge in [0.15, 0.2) is 30.2 Å². The molecule has 2 aromatic heterocycles. The van der Waals surface area contributed by atoms with Crippen LogP contribution in [0.5, 0.6) is 0 Å². The van der Waals surface area contributed by atoms with E-state index in [-0.39, 0.29) is 17.0 Å². The molecule has 20 nitrogen and oxygen atoms in total. The van der Waals surface area contributed by atoms with Crippen molar-refractivity contribution in [1.29, 1.82) is 0 Å². The molecule has 0 spiro atoms. The molecule has 1 saturated heterocycles. The molecular weight excluding hydrogens is 619 g/mol. The number of aliphatic hydroxyl groups is 6. The lowest BCUT2D eigenvalue weighted by molar-refractivity contribution is -0.193. The minimum Gasteiger partial charge on any atom is -0.394 e. The number of nitrogens with two attached hydrogens (primary N) is 1. The molecule has 42 heavy (non-hydrogen) atoms. The van der Waals surface area contributed by atoms with Crippen molar-refractivity contribution in [3.8, 4) is 0 Å². The first-order valence-corrected chi connectivity index (χ1v) is 15.0. The van der Waals surface area contributed by atoms with Crippen LogP contribution in [0.2, 0.25) is 0 Å². The summed E-state index contributed by atoms with van der Waals surface area (Å²) in [5.74, 6) is -1.20. The van der Waals surface area contributed by atoms with Crippen molar-refractivity contribution < 1.29 is 76.8 Å². The van der Waals surface area contributed by atoms with Crippen LogP contribution in [0.15, 0.2) is 12.7 Å². The van der Waals surface area contributed by atoms with Gasteiger partial charge in [0.25, 0.3) is 0 Å². The van der Waals surface area contributed by atoms with Gasteiger partial charge in [0, 0.05) is 13.0 Å². The molecule has 0 amide bonds. The van der Waals surface area contributed by atoms with Crippen LogP contribution in [0.25, 0.3) is 11.2 Å². The van der Waals surface area contributed by atoms with Crippen molar-refractivity contribution in [2.24, 2.45) is 5.92 Å². The lowest BCUT2D eigenvalue weighted by Crippen LogP contribution is -2.50. The third-order valence-corrected chi connectivity index (χ3v) is 8.94. The number of nitrogen functional groups attached to an aromatic ring is 1. The van der Waals surface area contributed by atoms with Crippen molar-refractivity contribution in [3.05, 3.63) is 12.7 Å². The van der Waals surface area contributed by atoms with E-state index in [4.69, 9.17) is 15.6 Å². The zero-order valence-corrected chi connectivity index (χ0v) is 23.7. The Morgan fingerprint density at radius 3 is 2.40 bits per heavy atom. The SMILES string of the molecule is COC(OP(=O)(O)OP(=O)(O)OCC1OC(n2cnc3c(N)ncnc32)C(O)[C@H]1F)C(O)C(O)C(O)C(C)[C@H](O)CO. The third-order valence-electron chi connectivity index (χ3n) is 6.34. The maximum Gasteiger partial charge on any atom is 0.483 e. The average Bonchev–Trinajstić information content (AvgIpc) is 3.49. The molecule has 0 radical (unpaired) electrons. The van der Waals surface area contributed by atoms with Crippen LogP contribution in [0.4, 0.5) is 10.2 Å². The van der Waals surface area contributed by atoms with E-state index in [1.165, 1.54) is 6.92 Å². The molecule has 3 rings (SSSR count). The van der Waals surface area contributed by atoms with Gasteiger partial charge in [-0.3, -0.25) is 13.6 Å². The first-order chi connectivity index (χ1) is 19.5. The Morgan fingerprint density at radius 2 is 1.79 bits per heavy atom. The van der Waals surface area contributed by atoms with Gasteiger partial charge in [0.05, 0.1) is 31.7 Å². The molecule has 1 aliphatic rings. The summed E-state index contributed by atoms with van der Waals surface area (Å²) < 4.78 is 63.9. The highest BCUT2D eigenvalue weighted by molar-refractivity contribution is 7.61. The summed E-state index contributed by atoms with van der Waals surface area (Å²) in [6.07, 6.45) is -15.1. The number of nitrogens with zero attached hydrogens (tertiary/aromatic N) is 4. The van der Waals surface area contributed by atoms with Gasteiger partial charge in [-0.15, -0.1) is 0 Å². The zero-order chi connectivity index (χ0) is 31.6. The second-order valence-corrected chi connectivity index (χ2v) is 12.2. The zero-order valence-electron chi connectivity index (χ0n) is 21.9. The van der Waals surface area contributed by atoms with Crippen molar-refractivity contribution in [2.75, 3.05) is 26.1 Å². The molecule has 0 aromatic carbocycles. The average molecular weight is 651 g/mol. The van der Waals surface area contributed by atoms with Gasteiger partial charge in [0.2, 0.25) is 0 Å². The van der Waals surface area contributed by atoms with E-state index < -0.39 is 90.1 Å². The molecule has 10 unspecified atom stereocenters. The Morgan fingerprint density at radius 1 is 1.12 bits per heavy atom. The molecular formula is C19H32FN5O15P2. The van der Waals surface area contributed by atoms with Gasteiger partial charge >= 0.3 is 15.6 Å². The molecule has 12 atom stereocenters. The van der Waals surface area contributed by atoms with E-state index in [1.807, 2.05) is 0 Å². The summed E-state index contributed by atoms with van der Waals surface area (Å²) in [6.45, 7) is -0.669. The summed E-state index contributed by atoms with van der Waals surface area (Å²) in [5.41, 5.74) is 5.92. The number of hydrogen-bond acceptors (Lipinski definition) is 17. The van der Waals surface area contributed by atoms with E-state index in [0.717, 1.165) is 24.3 Å². The quantitative estimate of drug-likeness (QED) is 0.0698. The summed E-state index contributed by atoms with van der Waals surface area (Å²) in [7, 11) is -10.4. The fraction of sp³-hybridized carbons (Fsp3) is 0.737. The van der Waals surface area contributed by atoms with Crippen LogP contribution in [-0.2, 0) is 32.0 Å². The Bertz CT molecular complexity index is 1290. The van der Waals surface area contributed by atoms with Crippen molar-refractivity contribution >= 4 is 32.6 Å². The number of anilines is 1. The number of methoxy groups -OCH3 is 1. The van der Waals surface area contributed by atoms with Gasteiger partial charge in [-0.1, -0.05) is 6.92 Å². The molecule has 1 aliphatic heterocycles. The van der Waals surface area contributed by atoms with E-state index in [1.54, 1.807) is 0 Å². The van der Waals surface area contributed by atoms with Gasteiger partial charge in [0.1, 0.15) is 36.3 Å². The number of halogens is 1. The number of alkyl halides is 1. The summed E-state index contributed by atoms with van der Waals surface area (Å²) in [6, 6.07) is 0. The first kappa shape index (κ1) is 34.7. The minimum atomic E-state index is -5.66. The monoisotopic (exact) mass is 651 g/mol. The number of rotatable bonds is 15. The summed E-state index contributed by atoms with van der Waals surface area (Å²) >= 11 is 0. The van der Waals surface area contributed by atoms with Crippen molar-refractivity contribution in [3.63, 3.8) is 0 Å². The molecule has 3 heterocycles. The molecule has 23 heteroatoms. The highest BCUT2D eigenvalue weighted by Gasteiger charge is 2.48. The van der Waals surface area contributed by atoms with E-state index in [9.17, 15) is 48.8 Å². The van der Waals surface area contributed by atoms with Crippen molar-refractivity contribution in [1.82, 2.24) is 19.5 Å². The van der Waals surface area contributed by atoms with Crippen LogP contribution < -0.4 is 5.73 Å². The smallest absolute Gasteiger partial charge is 0.394 e. The van der Waals surface area contributed by atoms with Crippen LogP contribution in [0.3, 0.4) is 0 Å². The van der Waals surface area contributed by atoms with Gasteiger partial charge in [-0.25, -0.2) is 28.5 Å². The van der Waals surface area contributed by atoms with Crippen LogP contribution in [-0.4, -0.2) is 129 Å². The number of aromatic nitrogens is 4. The molecule has 0 bridgehead atoms. The number of phosphoric ester groups is 2. The predicted molar refractivity (Wildman–Crippen MR) is 133 cm³/mol. The lowest BCUT2D eigenvalue weighted by Gasteiger charge is -2.32. The number of hydrogen-bond donors (Lipinski definition) is 9. The molecule has 240 valence electrons.